The van der Waals surface area contributed by atoms with E-state index in [0.717, 1.165) is 47.9 Å². The molecular weight excluding hydrogens is 439 g/mol. The van der Waals surface area contributed by atoms with Gasteiger partial charge in [0.05, 0.1) is 17.8 Å². The van der Waals surface area contributed by atoms with Crippen molar-refractivity contribution in [2.75, 3.05) is 13.2 Å². The number of rotatable bonds is 4. The van der Waals surface area contributed by atoms with Crippen molar-refractivity contribution in [1.82, 2.24) is 14.7 Å². The number of fused-ring (bicyclic) bond motifs is 3. The predicted octanol–water partition coefficient (Wildman–Crippen LogP) is 6.41. The quantitative estimate of drug-likeness (QED) is 0.441. The van der Waals surface area contributed by atoms with Gasteiger partial charge in [-0.1, -0.05) is 6.07 Å². The number of aryl methyl sites for hydroxylation is 1. The van der Waals surface area contributed by atoms with E-state index in [2.05, 4.69) is 5.10 Å². The van der Waals surface area contributed by atoms with Gasteiger partial charge in [-0.3, -0.25) is 4.90 Å². The fourth-order valence-corrected chi connectivity index (χ4v) is 5.65. The maximum absolute atomic E-state index is 15.3. The van der Waals surface area contributed by atoms with Crippen molar-refractivity contribution >= 4 is 10.9 Å². The Morgan fingerprint density at radius 2 is 1.88 bits per heavy atom. The summed E-state index contributed by atoms with van der Waals surface area (Å²) in [6.07, 6.45) is 5.44. The molecule has 3 atom stereocenters. The molecule has 2 aliphatic heterocycles. The summed E-state index contributed by atoms with van der Waals surface area (Å²) in [6.45, 7) is 7.46. The topological polar surface area (TPSA) is 30.3 Å². The Balaban J connectivity index is 1.68. The Morgan fingerprint density at radius 1 is 1.15 bits per heavy atom. The summed E-state index contributed by atoms with van der Waals surface area (Å²) in [5, 5.41) is 5.61. The highest BCUT2D eigenvalue weighted by Crippen LogP contribution is 2.43. The molecule has 0 aliphatic carbocycles. The maximum atomic E-state index is 15.3. The van der Waals surface area contributed by atoms with Crippen LogP contribution in [0.15, 0.2) is 30.5 Å². The molecule has 0 spiro atoms. The summed E-state index contributed by atoms with van der Waals surface area (Å²) in [5.74, 6) is -1.20. The molecule has 1 saturated heterocycles. The number of ether oxygens (including phenoxy) is 1. The lowest BCUT2D eigenvalue weighted by Gasteiger charge is -2.44. The molecular formula is C27H32F3N3O. The van der Waals surface area contributed by atoms with Gasteiger partial charge >= 0.3 is 0 Å². The van der Waals surface area contributed by atoms with Crippen molar-refractivity contribution in [3.8, 4) is 0 Å². The smallest absolute Gasteiger partial charge is 0.150 e. The Kier molecular flexibility index (Phi) is 5.97. The summed E-state index contributed by atoms with van der Waals surface area (Å²) in [7, 11) is 0. The lowest BCUT2D eigenvalue weighted by Crippen LogP contribution is -2.48. The second kappa shape index (κ2) is 8.68. The predicted molar refractivity (Wildman–Crippen MR) is 127 cm³/mol. The molecule has 1 fully saturated rings. The molecule has 0 N–H and O–H groups in total. The van der Waals surface area contributed by atoms with Gasteiger partial charge in [0.15, 0.2) is 6.23 Å². The lowest BCUT2D eigenvalue weighted by molar-refractivity contribution is -0.0366. The highest BCUT2D eigenvalue weighted by Gasteiger charge is 2.40. The van der Waals surface area contributed by atoms with Gasteiger partial charge in [-0.25, -0.2) is 17.9 Å². The standard InChI is InChI=1S/C27H32F3N3O/c1-16-11-21(28)25(22(29)12-16)26-18-8-9-23-20(14-31-33(23)24-7-5-6-10-34-24)19(18)13-17(2)32(26)15-27(3,4)30/h8-9,11-12,14,17,24,26H,5-7,10,13,15H2,1-4H3. The highest BCUT2D eigenvalue weighted by atomic mass is 19.1. The van der Waals surface area contributed by atoms with E-state index in [-0.39, 0.29) is 24.4 Å². The van der Waals surface area contributed by atoms with Crippen LogP contribution in [0, 0.1) is 18.6 Å². The summed E-state index contributed by atoms with van der Waals surface area (Å²) >= 11 is 0. The van der Waals surface area contributed by atoms with Crippen LogP contribution in [0.25, 0.3) is 10.9 Å². The molecule has 0 radical (unpaired) electrons. The number of benzene rings is 2. The monoisotopic (exact) mass is 471 g/mol. The van der Waals surface area contributed by atoms with E-state index in [9.17, 15) is 4.39 Å². The van der Waals surface area contributed by atoms with Crippen LogP contribution in [0.3, 0.4) is 0 Å². The van der Waals surface area contributed by atoms with Gasteiger partial charge in [0, 0.05) is 30.1 Å². The Labute approximate surface area is 198 Å². The van der Waals surface area contributed by atoms with Gasteiger partial charge in [0.2, 0.25) is 0 Å². The number of hydrogen-bond donors (Lipinski definition) is 0. The number of halogens is 3. The molecule has 5 rings (SSSR count). The van der Waals surface area contributed by atoms with E-state index in [0.29, 0.717) is 12.0 Å². The third-order valence-electron chi connectivity index (χ3n) is 7.10. The van der Waals surface area contributed by atoms with Crippen LogP contribution in [0.2, 0.25) is 0 Å². The van der Waals surface area contributed by atoms with Crippen molar-refractivity contribution < 1.29 is 17.9 Å². The highest BCUT2D eigenvalue weighted by molar-refractivity contribution is 5.84. The van der Waals surface area contributed by atoms with Crippen molar-refractivity contribution in [2.45, 2.75) is 77.4 Å². The Bertz CT molecular complexity index is 1190. The van der Waals surface area contributed by atoms with E-state index in [4.69, 9.17) is 4.74 Å². The molecule has 3 aromatic rings. The fourth-order valence-electron chi connectivity index (χ4n) is 5.65. The van der Waals surface area contributed by atoms with E-state index in [1.807, 2.05) is 34.8 Å². The Hall–Kier alpha value is -2.38. The molecule has 3 heterocycles. The number of alkyl halides is 1. The average Bonchev–Trinajstić information content (AvgIpc) is 3.19. The fraction of sp³-hybridized carbons (Fsp3) is 0.519. The van der Waals surface area contributed by atoms with Gasteiger partial charge in [0.25, 0.3) is 0 Å². The number of aromatic nitrogens is 2. The van der Waals surface area contributed by atoms with Crippen LogP contribution in [-0.2, 0) is 11.2 Å². The molecule has 1 aromatic heterocycles. The van der Waals surface area contributed by atoms with Crippen molar-refractivity contribution in [3.05, 3.63) is 64.4 Å². The molecule has 0 amide bonds. The molecule has 7 heteroatoms. The van der Waals surface area contributed by atoms with Crippen LogP contribution in [0.4, 0.5) is 13.2 Å². The number of nitrogens with zero attached hydrogens (tertiary/aromatic N) is 3. The van der Waals surface area contributed by atoms with Gasteiger partial charge in [0.1, 0.15) is 17.3 Å². The zero-order valence-corrected chi connectivity index (χ0v) is 20.2. The minimum Gasteiger partial charge on any atom is -0.356 e. The van der Waals surface area contributed by atoms with Crippen molar-refractivity contribution in [1.29, 1.82) is 0 Å². The van der Waals surface area contributed by atoms with Gasteiger partial charge in [-0.05, 0) is 88.3 Å². The molecule has 0 bridgehead atoms. The lowest BCUT2D eigenvalue weighted by atomic mass is 9.82. The normalized spacial score (nSPS) is 23.9. The van der Waals surface area contributed by atoms with E-state index >= 15 is 8.78 Å². The van der Waals surface area contributed by atoms with Gasteiger partial charge in [-0.2, -0.15) is 5.10 Å². The minimum atomic E-state index is -1.52. The largest absolute Gasteiger partial charge is 0.356 e. The molecule has 34 heavy (non-hydrogen) atoms. The van der Waals surface area contributed by atoms with Gasteiger partial charge < -0.3 is 4.74 Å². The first-order valence-corrected chi connectivity index (χ1v) is 12.1. The van der Waals surface area contributed by atoms with Crippen LogP contribution in [-0.4, -0.2) is 39.5 Å². The van der Waals surface area contributed by atoms with E-state index in [1.165, 1.54) is 26.0 Å². The number of hydrogen-bond acceptors (Lipinski definition) is 3. The third-order valence-corrected chi connectivity index (χ3v) is 7.10. The van der Waals surface area contributed by atoms with Crippen LogP contribution in [0.5, 0.6) is 0 Å². The molecule has 2 aliphatic rings. The third kappa shape index (κ3) is 4.13. The molecule has 3 unspecified atom stereocenters. The maximum Gasteiger partial charge on any atom is 0.150 e. The summed E-state index contributed by atoms with van der Waals surface area (Å²) in [4.78, 5) is 1.90. The SMILES string of the molecule is Cc1cc(F)c(C2c3ccc4c(cnn4C4CCCCO4)c3CC(C)N2CC(C)(C)F)c(F)c1. The summed E-state index contributed by atoms with van der Waals surface area (Å²) in [5.41, 5.74) is 1.76. The van der Waals surface area contributed by atoms with E-state index < -0.39 is 23.3 Å². The van der Waals surface area contributed by atoms with Crippen LogP contribution >= 0.6 is 0 Å². The van der Waals surface area contributed by atoms with Crippen molar-refractivity contribution in [3.63, 3.8) is 0 Å². The second-order valence-electron chi connectivity index (χ2n) is 10.5. The average molecular weight is 472 g/mol. The first-order chi connectivity index (χ1) is 16.1. The molecule has 4 nitrogen and oxygen atoms in total. The first kappa shape index (κ1) is 23.4. The zero-order chi connectivity index (χ0) is 24.2. The zero-order valence-electron chi connectivity index (χ0n) is 20.2. The molecule has 182 valence electrons. The Morgan fingerprint density at radius 3 is 2.53 bits per heavy atom. The molecule has 2 aromatic carbocycles. The molecule has 0 saturated carbocycles. The van der Waals surface area contributed by atoms with Crippen LogP contribution in [0.1, 0.15) is 74.6 Å². The van der Waals surface area contributed by atoms with Crippen LogP contribution < -0.4 is 0 Å². The summed E-state index contributed by atoms with van der Waals surface area (Å²) in [6, 6.07) is 5.76. The van der Waals surface area contributed by atoms with E-state index in [1.54, 1.807) is 6.92 Å². The van der Waals surface area contributed by atoms with Gasteiger partial charge in [-0.15, -0.1) is 0 Å². The second-order valence-corrected chi connectivity index (χ2v) is 10.5. The summed E-state index contributed by atoms with van der Waals surface area (Å²) < 4.78 is 53.3. The minimum absolute atomic E-state index is 0.0231. The first-order valence-electron chi connectivity index (χ1n) is 12.1. The van der Waals surface area contributed by atoms with Crippen molar-refractivity contribution in [2.24, 2.45) is 0 Å².